The molecule has 0 aliphatic carbocycles. The molecule has 26 heavy (non-hydrogen) atoms. The van der Waals surface area contributed by atoms with Crippen LogP contribution in [-0.2, 0) is 11.2 Å². The summed E-state index contributed by atoms with van der Waals surface area (Å²) in [6.07, 6.45) is 5.04. The Morgan fingerprint density at radius 3 is 2.31 bits per heavy atom. The summed E-state index contributed by atoms with van der Waals surface area (Å²) >= 11 is 0. The smallest absolute Gasteiger partial charge is 0.254 e. The number of benzene rings is 1. The molecule has 1 aromatic carbocycles. The first kappa shape index (κ1) is 20.5. The number of aryl methyl sites for hydroxylation is 1. The Morgan fingerprint density at radius 2 is 1.77 bits per heavy atom. The molecule has 1 aromatic rings. The van der Waals surface area contributed by atoms with E-state index >= 15 is 0 Å². The second-order valence-corrected chi connectivity index (χ2v) is 8.17. The van der Waals surface area contributed by atoms with Gasteiger partial charge in [-0.1, -0.05) is 12.1 Å². The van der Waals surface area contributed by atoms with Crippen molar-refractivity contribution in [3.8, 4) is 0 Å². The molecule has 1 aliphatic heterocycles. The lowest BCUT2D eigenvalue weighted by Crippen LogP contribution is -2.42. The van der Waals surface area contributed by atoms with Gasteiger partial charge in [-0.15, -0.1) is 0 Å². The minimum atomic E-state index is 0.108. The lowest BCUT2D eigenvalue weighted by atomic mass is 9.91. The summed E-state index contributed by atoms with van der Waals surface area (Å²) in [6.45, 7) is 9.13. The number of likely N-dealkylation sites (tertiary alicyclic amines) is 1. The molecule has 0 bridgehead atoms. The van der Waals surface area contributed by atoms with E-state index in [0.717, 1.165) is 37.8 Å². The van der Waals surface area contributed by atoms with Crippen molar-refractivity contribution in [3.63, 3.8) is 0 Å². The van der Waals surface area contributed by atoms with Gasteiger partial charge in [0.25, 0.3) is 5.91 Å². The summed E-state index contributed by atoms with van der Waals surface area (Å²) in [5.41, 5.74) is 2.05. The first-order valence-electron chi connectivity index (χ1n) is 9.95. The van der Waals surface area contributed by atoms with Gasteiger partial charge in [-0.2, -0.15) is 0 Å². The van der Waals surface area contributed by atoms with Crippen molar-refractivity contribution in [2.24, 2.45) is 5.92 Å². The first-order chi connectivity index (χ1) is 12.3. The predicted octanol–water partition coefficient (Wildman–Crippen LogP) is 4.14. The third kappa shape index (κ3) is 5.33. The summed E-state index contributed by atoms with van der Waals surface area (Å²) in [5, 5.41) is 0. The molecule has 1 aliphatic rings. The van der Waals surface area contributed by atoms with Crippen LogP contribution in [0.1, 0.15) is 69.3 Å². The first-order valence-corrected chi connectivity index (χ1v) is 9.95. The standard InChI is InChI=1S/C22H34N2O2/c1-16(2)24(17(3)4)22(26)20-12-9-18(10-13-20)7-6-8-19-11-14-21(25)23(5)15-19/h9-10,12-13,16-17,19H,6-8,11,14-15H2,1-5H3. The van der Waals surface area contributed by atoms with Crippen molar-refractivity contribution in [1.29, 1.82) is 0 Å². The highest BCUT2D eigenvalue weighted by Crippen LogP contribution is 2.22. The highest BCUT2D eigenvalue weighted by Gasteiger charge is 2.23. The van der Waals surface area contributed by atoms with Gasteiger partial charge in [0.05, 0.1) is 0 Å². The number of hydrogen-bond donors (Lipinski definition) is 0. The van der Waals surface area contributed by atoms with Gasteiger partial charge in [0.2, 0.25) is 5.91 Å². The van der Waals surface area contributed by atoms with Gasteiger partial charge >= 0.3 is 0 Å². The normalized spacial score (nSPS) is 17.9. The number of carbonyl (C=O) groups excluding carboxylic acids is 2. The summed E-state index contributed by atoms with van der Waals surface area (Å²) in [4.78, 5) is 28.1. The minimum absolute atomic E-state index is 0.108. The fraction of sp³-hybridized carbons (Fsp3) is 0.636. The molecule has 0 aromatic heterocycles. The molecular weight excluding hydrogens is 324 g/mol. The monoisotopic (exact) mass is 358 g/mol. The average Bonchev–Trinajstić information content (AvgIpc) is 2.58. The van der Waals surface area contributed by atoms with Crippen LogP contribution in [0.15, 0.2) is 24.3 Å². The lowest BCUT2D eigenvalue weighted by molar-refractivity contribution is -0.133. The Labute approximate surface area is 158 Å². The quantitative estimate of drug-likeness (QED) is 0.735. The molecule has 0 spiro atoms. The van der Waals surface area contributed by atoms with Crippen molar-refractivity contribution >= 4 is 11.8 Å². The molecule has 1 unspecified atom stereocenters. The Kier molecular flexibility index (Phi) is 7.24. The molecule has 1 saturated heterocycles. The number of amides is 2. The summed E-state index contributed by atoms with van der Waals surface area (Å²) < 4.78 is 0. The molecule has 0 saturated carbocycles. The van der Waals surface area contributed by atoms with Gasteiger partial charge in [-0.25, -0.2) is 0 Å². The van der Waals surface area contributed by atoms with E-state index in [2.05, 4.69) is 39.8 Å². The molecule has 2 amide bonds. The fourth-order valence-corrected chi connectivity index (χ4v) is 3.96. The number of piperidine rings is 1. The van der Waals surface area contributed by atoms with Crippen molar-refractivity contribution in [1.82, 2.24) is 9.80 Å². The molecule has 2 rings (SSSR count). The van der Waals surface area contributed by atoms with Gasteiger partial charge in [-0.05, 0) is 77.0 Å². The Balaban J connectivity index is 1.85. The predicted molar refractivity (Wildman–Crippen MR) is 106 cm³/mol. The molecule has 1 heterocycles. The summed E-state index contributed by atoms with van der Waals surface area (Å²) in [5.74, 6) is 1.01. The van der Waals surface area contributed by atoms with Crippen LogP contribution < -0.4 is 0 Å². The van der Waals surface area contributed by atoms with E-state index in [1.54, 1.807) is 0 Å². The third-order valence-electron chi connectivity index (χ3n) is 5.35. The molecule has 4 heteroatoms. The number of carbonyl (C=O) groups is 2. The van der Waals surface area contributed by atoms with Gasteiger partial charge in [-0.3, -0.25) is 9.59 Å². The minimum Gasteiger partial charge on any atom is -0.345 e. The Morgan fingerprint density at radius 1 is 1.15 bits per heavy atom. The maximum absolute atomic E-state index is 12.7. The second-order valence-electron chi connectivity index (χ2n) is 8.17. The van der Waals surface area contributed by atoms with E-state index in [0.29, 0.717) is 12.3 Å². The maximum atomic E-state index is 12.7. The van der Waals surface area contributed by atoms with E-state index in [9.17, 15) is 9.59 Å². The van der Waals surface area contributed by atoms with Gasteiger partial charge < -0.3 is 9.80 Å². The van der Waals surface area contributed by atoms with Gasteiger partial charge in [0.1, 0.15) is 0 Å². The van der Waals surface area contributed by atoms with Crippen LogP contribution in [0.25, 0.3) is 0 Å². The van der Waals surface area contributed by atoms with E-state index < -0.39 is 0 Å². The fourth-order valence-electron chi connectivity index (χ4n) is 3.96. The summed E-state index contributed by atoms with van der Waals surface area (Å²) in [6, 6.07) is 8.49. The van der Waals surface area contributed by atoms with E-state index in [1.165, 1.54) is 5.56 Å². The molecule has 4 nitrogen and oxygen atoms in total. The zero-order chi connectivity index (χ0) is 19.3. The Hall–Kier alpha value is -1.84. The highest BCUT2D eigenvalue weighted by molar-refractivity contribution is 5.94. The highest BCUT2D eigenvalue weighted by atomic mass is 16.2. The zero-order valence-electron chi connectivity index (χ0n) is 17.0. The van der Waals surface area contributed by atoms with Crippen LogP contribution in [0.5, 0.6) is 0 Å². The Bertz CT molecular complexity index is 599. The van der Waals surface area contributed by atoms with Crippen molar-refractivity contribution in [2.45, 2.75) is 71.9 Å². The lowest BCUT2D eigenvalue weighted by Gasteiger charge is -2.31. The van der Waals surface area contributed by atoms with Crippen molar-refractivity contribution in [3.05, 3.63) is 35.4 Å². The summed E-state index contributed by atoms with van der Waals surface area (Å²) in [7, 11) is 1.90. The number of nitrogens with zero attached hydrogens (tertiary/aromatic N) is 2. The third-order valence-corrected chi connectivity index (χ3v) is 5.35. The molecule has 1 atom stereocenters. The number of rotatable bonds is 7. The molecule has 0 N–H and O–H groups in total. The van der Waals surface area contributed by atoms with E-state index in [4.69, 9.17) is 0 Å². The van der Waals surface area contributed by atoms with Crippen LogP contribution in [-0.4, -0.2) is 47.3 Å². The van der Waals surface area contributed by atoms with Crippen LogP contribution in [0.3, 0.4) is 0 Å². The molecule has 0 radical (unpaired) electrons. The molecular formula is C22H34N2O2. The van der Waals surface area contributed by atoms with Gasteiger partial charge in [0.15, 0.2) is 0 Å². The van der Waals surface area contributed by atoms with Gasteiger partial charge in [0, 0.05) is 37.7 Å². The number of hydrogen-bond acceptors (Lipinski definition) is 2. The van der Waals surface area contributed by atoms with Crippen molar-refractivity contribution in [2.75, 3.05) is 13.6 Å². The largest absolute Gasteiger partial charge is 0.345 e. The van der Waals surface area contributed by atoms with Crippen LogP contribution in [0, 0.1) is 5.92 Å². The van der Waals surface area contributed by atoms with Crippen LogP contribution in [0.4, 0.5) is 0 Å². The average molecular weight is 359 g/mol. The van der Waals surface area contributed by atoms with E-state index in [-0.39, 0.29) is 23.9 Å². The second kappa shape index (κ2) is 9.20. The topological polar surface area (TPSA) is 40.6 Å². The zero-order valence-corrected chi connectivity index (χ0v) is 17.0. The van der Waals surface area contributed by atoms with Crippen LogP contribution >= 0.6 is 0 Å². The maximum Gasteiger partial charge on any atom is 0.254 e. The SMILES string of the molecule is CC(C)N(C(=O)c1ccc(CCCC2CCC(=O)N(C)C2)cc1)C(C)C. The van der Waals surface area contributed by atoms with Crippen molar-refractivity contribution < 1.29 is 9.59 Å². The molecule has 1 fully saturated rings. The van der Waals surface area contributed by atoms with E-state index in [1.807, 2.05) is 29.0 Å². The van der Waals surface area contributed by atoms with Crippen LogP contribution in [0.2, 0.25) is 0 Å². The molecule has 144 valence electrons.